The SMILES string of the molecule is O=C(Cc1noc2ccccc12)N1CC[C@@]23OC[C@@H](c4ccccc4)N2C(=O)C[C@@H]13. The Bertz CT molecular complexity index is 1140. The van der Waals surface area contributed by atoms with E-state index in [-0.39, 0.29) is 30.3 Å². The van der Waals surface area contributed by atoms with E-state index in [0.29, 0.717) is 37.3 Å². The van der Waals surface area contributed by atoms with Gasteiger partial charge < -0.3 is 19.1 Å². The van der Waals surface area contributed by atoms with Gasteiger partial charge >= 0.3 is 0 Å². The number of para-hydroxylation sites is 1. The van der Waals surface area contributed by atoms with E-state index >= 15 is 0 Å². The van der Waals surface area contributed by atoms with Crippen LogP contribution in [-0.4, -0.2) is 51.7 Å². The number of amides is 2. The van der Waals surface area contributed by atoms with Crippen LogP contribution in [0.4, 0.5) is 0 Å². The van der Waals surface area contributed by atoms with E-state index in [9.17, 15) is 9.59 Å². The zero-order valence-corrected chi connectivity index (χ0v) is 16.4. The van der Waals surface area contributed by atoms with Crippen LogP contribution in [0.25, 0.3) is 11.0 Å². The zero-order valence-electron chi connectivity index (χ0n) is 16.4. The van der Waals surface area contributed by atoms with Crippen molar-refractivity contribution in [2.75, 3.05) is 13.2 Å². The fourth-order valence-electron chi connectivity index (χ4n) is 5.37. The van der Waals surface area contributed by atoms with Crippen molar-refractivity contribution in [2.24, 2.45) is 0 Å². The van der Waals surface area contributed by atoms with Gasteiger partial charge in [-0.1, -0.05) is 47.6 Å². The van der Waals surface area contributed by atoms with E-state index < -0.39 is 5.72 Å². The Balaban J connectivity index is 1.27. The van der Waals surface area contributed by atoms with Gasteiger partial charge in [0.25, 0.3) is 0 Å². The van der Waals surface area contributed by atoms with E-state index in [2.05, 4.69) is 5.16 Å². The van der Waals surface area contributed by atoms with Crippen LogP contribution in [0, 0.1) is 0 Å². The summed E-state index contributed by atoms with van der Waals surface area (Å²) in [7, 11) is 0. The van der Waals surface area contributed by atoms with Crippen molar-refractivity contribution in [3.8, 4) is 0 Å². The van der Waals surface area contributed by atoms with Crippen LogP contribution in [0.15, 0.2) is 59.1 Å². The molecular formula is C23H21N3O4. The molecule has 0 aliphatic carbocycles. The largest absolute Gasteiger partial charge is 0.356 e. The second-order valence-corrected chi connectivity index (χ2v) is 8.21. The van der Waals surface area contributed by atoms with Crippen molar-refractivity contribution in [3.05, 3.63) is 65.9 Å². The van der Waals surface area contributed by atoms with Crippen LogP contribution in [-0.2, 0) is 20.7 Å². The van der Waals surface area contributed by atoms with E-state index in [1.807, 2.05) is 64.4 Å². The van der Waals surface area contributed by atoms with Crippen molar-refractivity contribution in [2.45, 2.75) is 37.1 Å². The second-order valence-electron chi connectivity index (χ2n) is 8.21. The van der Waals surface area contributed by atoms with Gasteiger partial charge in [0.15, 0.2) is 11.3 Å². The fraction of sp³-hybridized carbons (Fsp3) is 0.348. The second kappa shape index (κ2) is 6.40. The molecule has 30 heavy (non-hydrogen) atoms. The Morgan fingerprint density at radius 1 is 1.13 bits per heavy atom. The Morgan fingerprint density at radius 3 is 2.80 bits per heavy atom. The van der Waals surface area contributed by atoms with Crippen LogP contribution >= 0.6 is 0 Å². The predicted octanol–water partition coefficient (Wildman–Crippen LogP) is 2.67. The van der Waals surface area contributed by atoms with E-state index in [0.717, 1.165) is 10.9 Å². The standard InChI is InChI=1S/C23H21N3O4/c27-21(12-17-16-8-4-5-9-19(16)30-24-17)25-11-10-23-20(25)13-22(28)26(23)18(14-29-23)15-6-2-1-3-7-15/h1-9,18,20H,10-14H2/t18-,20+,23-/m0/s1. The van der Waals surface area contributed by atoms with Crippen LogP contribution in [0.3, 0.4) is 0 Å². The lowest BCUT2D eigenvalue weighted by molar-refractivity contribution is -0.141. The first-order chi connectivity index (χ1) is 14.7. The van der Waals surface area contributed by atoms with Gasteiger partial charge in [0, 0.05) is 18.4 Å². The summed E-state index contributed by atoms with van der Waals surface area (Å²) in [4.78, 5) is 29.9. The molecule has 6 rings (SSSR count). The first kappa shape index (κ1) is 17.7. The maximum atomic E-state index is 13.2. The number of fused-ring (bicyclic) bond motifs is 1. The third kappa shape index (κ3) is 2.38. The molecule has 2 aromatic carbocycles. The minimum atomic E-state index is -0.709. The van der Waals surface area contributed by atoms with Gasteiger partial charge in [-0.25, -0.2) is 0 Å². The molecule has 4 heterocycles. The topological polar surface area (TPSA) is 75.9 Å². The van der Waals surface area contributed by atoms with Crippen LogP contribution in [0.1, 0.15) is 30.1 Å². The van der Waals surface area contributed by atoms with E-state index in [4.69, 9.17) is 9.26 Å². The van der Waals surface area contributed by atoms with Gasteiger partial charge in [0.05, 0.1) is 31.5 Å². The van der Waals surface area contributed by atoms with Crippen molar-refractivity contribution in [1.82, 2.24) is 15.0 Å². The summed E-state index contributed by atoms with van der Waals surface area (Å²) in [5.41, 5.74) is 1.67. The monoisotopic (exact) mass is 403 g/mol. The molecule has 3 saturated heterocycles. The van der Waals surface area contributed by atoms with E-state index in [1.165, 1.54) is 0 Å². The third-order valence-corrected chi connectivity index (χ3v) is 6.73. The number of hydrogen-bond acceptors (Lipinski definition) is 5. The summed E-state index contributed by atoms with van der Waals surface area (Å²) < 4.78 is 11.6. The number of benzene rings is 2. The Labute approximate surface area is 173 Å². The normalized spacial score (nSPS) is 27.7. The summed E-state index contributed by atoms with van der Waals surface area (Å²) in [6.45, 7) is 1.03. The minimum absolute atomic E-state index is 0.0441. The highest BCUT2D eigenvalue weighted by molar-refractivity contribution is 5.88. The van der Waals surface area contributed by atoms with Gasteiger partial charge in [-0.05, 0) is 17.7 Å². The summed E-state index contributed by atoms with van der Waals surface area (Å²) >= 11 is 0. The van der Waals surface area contributed by atoms with E-state index in [1.54, 1.807) is 0 Å². The van der Waals surface area contributed by atoms with Crippen molar-refractivity contribution in [3.63, 3.8) is 0 Å². The molecule has 3 aliphatic rings. The number of hydrogen-bond donors (Lipinski definition) is 0. The first-order valence-corrected chi connectivity index (χ1v) is 10.3. The highest BCUT2D eigenvalue weighted by atomic mass is 16.5. The van der Waals surface area contributed by atoms with Crippen LogP contribution < -0.4 is 0 Å². The number of carbonyl (C=O) groups is 2. The predicted molar refractivity (Wildman–Crippen MR) is 107 cm³/mol. The Kier molecular flexibility index (Phi) is 3.77. The minimum Gasteiger partial charge on any atom is -0.356 e. The summed E-state index contributed by atoms with van der Waals surface area (Å²) in [6, 6.07) is 17.1. The number of ether oxygens (including phenoxy) is 1. The molecule has 7 nitrogen and oxygen atoms in total. The lowest BCUT2D eigenvalue weighted by Crippen LogP contribution is -2.49. The summed E-state index contributed by atoms with van der Waals surface area (Å²) in [5.74, 6) is 0.00748. The molecule has 0 radical (unpaired) electrons. The lowest BCUT2D eigenvalue weighted by atomic mass is 10.0. The fourth-order valence-corrected chi connectivity index (χ4v) is 5.37. The summed E-state index contributed by atoms with van der Waals surface area (Å²) in [5, 5.41) is 4.94. The third-order valence-electron chi connectivity index (χ3n) is 6.73. The highest BCUT2D eigenvalue weighted by Gasteiger charge is 2.65. The van der Waals surface area contributed by atoms with Gasteiger partial charge in [-0.3, -0.25) is 9.59 Å². The van der Waals surface area contributed by atoms with Gasteiger partial charge in [0.1, 0.15) is 5.69 Å². The van der Waals surface area contributed by atoms with Crippen LogP contribution in [0.2, 0.25) is 0 Å². The average Bonchev–Trinajstić information content (AvgIpc) is 3.50. The number of aromatic nitrogens is 1. The van der Waals surface area contributed by atoms with Gasteiger partial charge in [-0.15, -0.1) is 0 Å². The molecular weight excluding hydrogens is 382 g/mol. The summed E-state index contributed by atoms with van der Waals surface area (Å²) in [6.07, 6.45) is 1.09. The van der Waals surface area contributed by atoms with Crippen molar-refractivity contribution in [1.29, 1.82) is 0 Å². The molecule has 3 aromatic rings. The van der Waals surface area contributed by atoms with Crippen molar-refractivity contribution < 1.29 is 18.8 Å². The molecule has 0 bridgehead atoms. The molecule has 3 atom stereocenters. The number of nitrogens with zero attached hydrogens (tertiary/aromatic N) is 3. The molecule has 2 amide bonds. The average molecular weight is 403 g/mol. The molecule has 0 N–H and O–H groups in total. The van der Waals surface area contributed by atoms with Gasteiger partial charge in [-0.2, -0.15) is 0 Å². The van der Waals surface area contributed by atoms with Crippen LogP contribution in [0.5, 0.6) is 0 Å². The molecule has 152 valence electrons. The smallest absolute Gasteiger partial charge is 0.229 e. The molecule has 1 spiro atoms. The lowest BCUT2D eigenvalue weighted by Gasteiger charge is -2.33. The number of carbonyl (C=O) groups excluding carboxylic acids is 2. The Hall–Kier alpha value is -3.19. The molecule has 0 unspecified atom stereocenters. The number of likely N-dealkylation sites (tertiary alicyclic amines) is 1. The first-order valence-electron chi connectivity index (χ1n) is 10.3. The highest BCUT2D eigenvalue weighted by Crippen LogP contribution is 2.51. The Morgan fingerprint density at radius 2 is 1.93 bits per heavy atom. The number of rotatable bonds is 3. The quantitative estimate of drug-likeness (QED) is 0.672. The molecule has 0 saturated carbocycles. The molecule has 3 aliphatic heterocycles. The molecule has 1 aromatic heterocycles. The zero-order chi connectivity index (χ0) is 20.3. The van der Waals surface area contributed by atoms with Gasteiger partial charge in [0.2, 0.25) is 11.8 Å². The molecule has 7 heteroatoms. The van der Waals surface area contributed by atoms with Crippen molar-refractivity contribution >= 4 is 22.8 Å². The maximum Gasteiger partial charge on any atom is 0.229 e. The molecule has 3 fully saturated rings. The maximum absolute atomic E-state index is 13.2.